The van der Waals surface area contributed by atoms with Gasteiger partial charge in [-0.2, -0.15) is 0 Å². The molecule has 29 heavy (non-hydrogen) atoms. The molecule has 0 bridgehead atoms. The minimum atomic E-state index is -0.625. The van der Waals surface area contributed by atoms with Crippen molar-refractivity contribution in [1.82, 2.24) is 20.1 Å². The van der Waals surface area contributed by atoms with Gasteiger partial charge in [0.05, 0.1) is 18.8 Å². The Hall–Kier alpha value is -2.45. The van der Waals surface area contributed by atoms with Crippen LogP contribution >= 0.6 is 0 Å². The number of urea groups is 1. The van der Waals surface area contributed by atoms with Gasteiger partial charge in [-0.25, -0.2) is 14.2 Å². The van der Waals surface area contributed by atoms with Gasteiger partial charge in [-0.15, -0.1) is 0 Å². The van der Waals surface area contributed by atoms with Crippen LogP contribution in [0, 0.1) is 18.7 Å². The molecule has 1 aliphatic heterocycles. The molecule has 0 aliphatic carbocycles. The first-order valence-electron chi connectivity index (χ1n) is 9.97. The standard InChI is InChI=1S/C21H29FN4O3/c1-15-23-11-19(29-15)12-24-21(28)25(2)13-16-7-9-26(10-8-16)14-20(27)17-3-5-18(22)6-4-17/h3-6,11,16,20,27H,7-10,12-14H2,1-2H3,(H,24,28). The molecule has 2 amide bonds. The number of carbonyl (C=O) groups is 1. The summed E-state index contributed by atoms with van der Waals surface area (Å²) in [5, 5.41) is 13.2. The maximum absolute atomic E-state index is 13.0. The lowest BCUT2D eigenvalue weighted by Crippen LogP contribution is -2.43. The van der Waals surface area contributed by atoms with Gasteiger partial charge in [0.25, 0.3) is 0 Å². The van der Waals surface area contributed by atoms with Crippen LogP contribution in [0.3, 0.4) is 0 Å². The van der Waals surface area contributed by atoms with E-state index in [0.29, 0.717) is 37.2 Å². The van der Waals surface area contributed by atoms with Crippen LogP contribution < -0.4 is 5.32 Å². The zero-order chi connectivity index (χ0) is 20.8. The molecule has 1 aromatic carbocycles. The summed E-state index contributed by atoms with van der Waals surface area (Å²) in [5.41, 5.74) is 0.729. The molecular formula is C21H29FN4O3. The second kappa shape index (κ2) is 9.84. The topological polar surface area (TPSA) is 81.8 Å². The molecule has 1 aromatic heterocycles. The van der Waals surface area contributed by atoms with Crippen molar-refractivity contribution in [2.45, 2.75) is 32.4 Å². The molecule has 1 fully saturated rings. The molecule has 2 heterocycles. The predicted molar refractivity (Wildman–Crippen MR) is 107 cm³/mol. The van der Waals surface area contributed by atoms with Crippen molar-refractivity contribution < 1.29 is 18.7 Å². The number of aliphatic hydroxyl groups is 1. The summed E-state index contributed by atoms with van der Waals surface area (Å²) >= 11 is 0. The van der Waals surface area contributed by atoms with Gasteiger partial charge in [-0.05, 0) is 49.5 Å². The number of oxazole rings is 1. The predicted octanol–water partition coefficient (Wildman–Crippen LogP) is 2.71. The normalized spacial score (nSPS) is 16.6. The summed E-state index contributed by atoms with van der Waals surface area (Å²) in [6, 6.07) is 5.86. The number of β-amino-alcohol motifs (C(OH)–C–C–N with tert-alkyl or cyclic N) is 1. The molecular weight excluding hydrogens is 375 g/mol. The number of hydrogen-bond acceptors (Lipinski definition) is 5. The molecule has 1 aliphatic rings. The van der Waals surface area contributed by atoms with Gasteiger partial charge < -0.3 is 24.6 Å². The Bertz CT molecular complexity index is 787. The smallest absolute Gasteiger partial charge is 0.317 e. The molecule has 0 radical (unpaired) electrons. The summed E-state index contributed by atoms with van der Waals surface area (Å²) in [5.74, 6) is 1.35. The van der Waals surface area contributed by atoms with Crippen LogP contribution in [0.2, 0.25) is 0 Å². The second-order valence-corrected chi connectivity index (χ2v) is 7.70. The monoisotopic (exact) mass is 404 g/mol. The number of rotatable bonds is 7. The summed E-state index contributed by atoms with van der Waals surface area (Å²) in [7, 11) is 1.80. The molecule has 1 atom stereocenters. The van der Waals surface area contributed by atoms with Crippen molar-refractivity contribution in [1.29, 1.82) is 0 Å². The molecule has 1 unspecified atom stereocenters. The lowest BCUT2D eigenvalue weighted by molar-refractivity contribution is 0.0847. The summed E-state index contributed by atoms with van der Waals surface area (Å²) in [4.78, 5) is 20.2. The van der Waals surface area contributed by atoms with Crippen LogP contribution in [-0.4, -0.2) is 59.1 Å². The van der Waals surface area contributed by atoms with E-state index in [1.54, 1.807) is 37.2 Å². The molecule has 1 saturated heterocycles. The Morgan fingerprint density at radius 1 is 1.38 bits per heavy atom. The number of likely N-dealkylation sites (tertiary alicyclic amines) is 1. The zero-order valence-corrected chi connectivity index (χ0v) is 17.0. The Morgan fingerprint density at radius 3 is 2.69 bits per heavy atom. The van der Waals surface area contributed by atoms with Crippen molar-refractivity contribution in [3.8, 4) is 0 Å². The van der Waals surface area contributed by atoms with Crippen LogP contribution in [-0.2, 0) is 6.54 Å². The molecule has 0 spiro atoms. The van der Waals surface area contributed by atoms with Gasteiger partial charge in [0.15, 0.2) is 5.89 Å². The molecule has 2 N–H and O–H groups in total. The van der Waals surface area contributed by atoms with Gasteiger partial charge in [-0.3, -0.25) is 0 Å². The highest BCUT2D eigenvalue weighted by Gasteiger charge is 2.23. The maximum atomic E-state index is 13.0. The van der Waals surface area contributed by atoms with E-state index in [9.17, 15) is 14.3 Å². The molecule has 7 nitrogen and oxygen atoms in total. The van der Waals surface area contributed by atoms with E-state index in [1.165, 1.54) is 12.1 Å². The van der Waals surface area contributed by atoms with E-state index in [-0.39, 0.29) is 11.8 Å². The SMILES string of the molecule is Cc1ncc(CNC(=O)N(C)CC2CCN(CC(O)c3ccc(F)cc3)CC2)o1. The Labute approximate surface area is 170 Å². The van der Waals surface area contributed by atoms with Gasteiger partial charge in [0.1, 0.15) is 11.6 Å². The number of halogens is 1. The molecule has 2 aromatic rings. The first-order chi connectivity index (χ1) is 13.9. The van der Waals surface area contributed by atoms with Crippen LogP contribution in [0.15, 0.2) is 34.9 Å². The summed E-state index contributed by atoms with van der Waals surface area (Å²) in [6.45, 7) is 5.05. The number of aryl methyl sites for hydroxylation is 1. The van der Waals surface area contributed by atoms with E-state index in [0.717, 1.165) is 31.5 Å². The van der Waals surface area contributed by atoms with Crippen LogP contribution in [0.5, 0.6) is 0 Å². The van der Waals surface area contributed by atoms with Crippen LogP contribution in [0.25, 0.3) is 0 Å². The lowest BCUT2D eigenvalue weighted by Gasteiger charge is -2.34. The van der Waals surface area contributed by atoms with E-state index < -0.39 is 6.10 Å². The van der Waals surface area contributed by atoms with E-state index >= 15 is 0 Å². The largest absolute Gasteiger partial charge is 0.444 e. The zero-order valence-electron chi connectivity index (χ0n) is 17.0. The average Bonchev–Trinajstić information content (AvgIpc) is 3.13. The third-order valence-corrected chi connectivity index (χ3v) is 5.35. The Morgan fingerprint density at radius 2 is 2.07 bits per heavy atom. The first kappa shape index (κ1) is 21.3. The number of aromatic nitrogens is 1. The maximum Gasteiger partial charge on any atom is 0.317 e. The molecule has 158 valence electrons. The highest BCUT2D eigenvalue weighted by Crippen LogP contribution is 2.21. The van der Waals surface area contributed by atoms with Crippen LogP contribution in [0.1, 0.15) is 36.2 Å². The number of nitrogens with zero attached hydrogens (tertiary/aromatic N) is 3. The van der Waals surface area contributed by atoms with Gasteiger partial charge in [0.2, 0.25) is 0 Å². The lowest BCUT2D eigenvalue weighted by atomic mass is 9.95. The van der Waals surface area contributed by atoms with Crippen molar-refractivity contribution in [3.63, 3.8) is 0 Å². The molecule has 3 rings (SSSR count). The van der Waals surface area contributed by atoms with Crippen LogP contribution in [0.4, 0.5) is 9.18 Å². The average molecular weight is 404 g/mol. The minimum absolute atomic E-state index is 0.131. The number of piperidine rings is 1. The number of benzene rings is 1. The highest BCUT2D eigenvalue weighted by atomic mass is 19.1. The number of amides is 2. The van der Waals surface area contributed by atoms with Crippen molar-refractivity contribution in [3.05, 3.63) is 53.5 Å². The molecule has 8 heteroatoms. The number of nitrogens with one attached hydrogen (secondary N) is 1. The minimum Gasteiger partial charge on any atom is -0.444 e. The fourth-order valence-electron chi connectivity index (χ4n) is 3.64. The first-order valence-corrected chi connectivity index (χ1v) is 9.97. The quantitative estimate of drug-likeness (QED) is 0.742. The number of aliphatic hydroxyl groups excluding tert-OH is 1. The summed E-state index contributed by atoms with van der Waals surface area (Å²) < 4.78 is 18.4. The Balaban J connectivity index is 1.37. The second-order valence-electron chi connectivity index (χ2n) is 7.70. The summed E-state index contributed by atoms with van der Waals surface area (Å²) in [6.07, 6.45) is 2.93. The van der Waals surface area contributed by atoms with Gasteiger partial charge >= 0.3 is 6.03 Å². The third-order valence-electron chi connectivity index (χ3n) is 5.35. The third kappa shape index (κ3) is 6.27. The Kier molecular flexibility index (Phi) is 7.22. The van der Waals surface area contributed by atoms with E-state index in [4.69, 9.17) is 4.42 Å². The van der Waals surface area contributed by atoms with Crippen molar-refractivity contribution >= 4 is 6.03 Å². The molecule has 0 saturated carbocycles. The number of hydrogen-bond donors (Lipinski definition) is 2. The van der Waals surface area contributed by atoms with Crippen molar-refractivity contribution in [2.24, 2.45) is 5.92 Å². The van der Waals surface area contributed by atoms with E-state index in [1.807, 2.05) is 0 Å². The fourth-order valence-corrected chi connectivity index (χ4v) is 3.64. The number of carbonyl (C=O) groups excluding carboxylic acids is 1. The van der Waals surface area contributed by atoms with Gasteiger partial charge in [-0.1, -0.05) is 12.1 Å². The van der Waals surface area contributed by atoms with Gasteiger partial charge in [0, 0.05) is 27.1 Å². The van der Waals surface area contributed by atoms with Crippen molar-refractivity contribution in [2.75, 3.05) is 33.2 Å². The fraction of sp³-hybridized carbons (Fsp3) is 0.524. The highest BCUT2D eigenvalue weighted by molar-refractivity contribution is 5.73. The van der Waals surface area contributed by atoms with E-state index in [2.05, 4.69) is 15.2 Å².